The number of carbonyl (C=O) groups excluding carboxylic acids is 1. The van der Waals surface area contributed by atoms with Crippen molar-refractivity contribution in [3.05, 3.63) is 44.7 Å². The van der Waals surface area contributed by atoms with E-state index in [9.17, 15) is 14.7 Å². The molecule has 10 heteroatoms. The molecule has 0 unspecified atom stereocenters. The molecule has 0 saturated carbocycles. The Kier molecular flexibility index (Phi) is 9.75. The number of rotatable bonds is 11. The first-order valence-corrected chi connectivity index (χ1v) is 14.5. The van der Waals surface area contributed by atoms with Gasteiger partial charge in [0.25, 0.3) is 11.5 Å². The lowest BCUT2D eigenvalue weighted by Crippen LogP contribution is -2.48. The highest BCUT2D eigenvalue weighted by atomic mass is 32.2. The van der Waals surface area contributed by atoms with Crippen LogP contribution in [0, 0.1) is 6.92 Å². The molecule has 2 aromatic heterocycles. The number of fused-ring (bicyclic) bond motifs is 1. The SMILES string of the molecule is CCCCCCCCN1C(=O)/C(=C/c2c(N3CCN(CCO)CC3)nc3c(C)cccn3c2=O)SC1=S. The van der Waals surface area contributed by atoms with Crippen LogP contribution in [0.5, 0.6) is 0 Å². The zero-order chi connectivity index (χ0) is 26.4. The molecule has 200 valence electrons. The Bertz CT molecular complexity index is 1220. The number of hydrogen-bond acceptors (Lipinski definition) is 8. The maximum absolute atomic E-state index is 13.7. The van der Waals surface area contributed by atoms with Gasteiger partial charge in [0.2, 0.25) is 0 Å². The molecule has 0 spiro atoms. The van der Waals surface area contributed by atoms with Crippen molar-refractivity contribution in [2.75, 3.05) is 50.8 Å². The largest absolute Gasteiger partial charge is 0.395 e. The maximum atomic E-state index is 13.7. The van der Waals surface area contributed by atoms with Gasteiger partial charge in [-0.1, -0.05) is 69.1 Å². The molecule has 0 bridgehead atoms. The highest BCUT2D eigenvalue weighted by Crippen LogP contribution is 2.34. The Hall–Kier alpha value is -2.27. The number of pyridine rings is 1. The lowest BCUT2D eigenvalue weighted by atomic mass is 10.1. The number of unbranched alkanes of at least 4 members (excludes halogenated alkanes) is 5. The lowest BCUT2D eigenvalue weighted by molar-refractivity contribution is -0.122. The van der Waals surface area contributed by atoms with Gasteiger partial charge < -0.3 is 10.0 Å². The molecule has 4 heterocycles. The number of carbonyl (C=O) groups is 1. The number of thiocarbonyl (C=S) groups is 1. The molecule has 8 nitrogen and oxygen atoms in total. The summed E-state index contributed by atoms with van der Waals surface area (Å²) in [4.78, 5) is 38.4. The molecule has 0 aromatic carbocycles. The third-order valence-corrected chi connectivity index (χ3v) is 8.41. The van der Waals surface area contributed by atoms with Crippen LogP contribution in [-0.4, -0.2) is 80.4 Å². The average Bonchev–Trinajstić information content (AvgIpc) is 3.16. The number of amides is 1. The lowest BCUT2D eigenvalue weighted by Gasteiger charge is -2.35. The Morgan fingerprint density at radius 2 is 1.81 bits per heavy atom. The Morgan fingerprint density at radius 1 is 1.08 bits per heavy atom. The summed E-state index contributed by atoms with van der Waals surface area (Å²) in [5.74, 6) is 0.472. The van der Waals surface area contributed by atoms with Gasteiger partial charge >= 0.3 is 0 Å². The molecule has 4 rings (SSSR count). The fourth-order valence-electron chi connectivity index (χ4n) is 4.87. The average molecular weight is 544 g/mol. The van der Waals surface area contributed by atoms with Gasteiger partial charge in [0.05, 0.1) is 17.1 Å². The molecular weight excluding hydrogens is 506 g/mol. The molecule has 1 amide bonds. The number of β-amino-alcohol motifs (C(OH)–C–C–N with tert-alkyl or cyclic N) is 1. The first kappa shape index (κ1) is 27.8. The molecule has 1 N–H and O–H groups in total. The van der Waals surface area contributed by atoms with E-state index in [-0.39, 0.29) is 18.1 Å². The number of aliphatic hydroxyl groups excluding tert-OH is 1. The predicted molar refractivity (Wildman–Crippen MR) is 155 cm³/mol. The second-order valence-corrected chi connectivity index (χ2v) is 11.4. The van der Waals surface area contributed by atoms with E-state index >= 15 is 0 Å². The summed E-state index contributed by atoms with van der Waals surface area (Å²) in [7, 11) is 0. The summed E-state index contributed by atoms with van der Waals surface area (Å²) in [6, 6.07) is 3.78. The standard InChI is InChI=1S/C27H37N5O3S2/c1-3-4-5-6-7-8-11-32-26(35)22(37-27(32)36)19-21-24(30-15-13-29(14-16-30)17-18-33)28-23-20(2)10-9-12-31(23)25(21)34/h9-10,12,19,33H,3-8,11,13-18H2,1-2H3/b22-19-. The van der Waals surface area contributed by atoms with Gasteiger partial charge in [-0.2, -0.15) is 0 Å². The minimum Gasteiger partial charge on any atom is -0.395 e. The number of aryl methyl sites for hydroxylation is 1. The number of piperazine rings is 1. The van der Waals surface area contributed by atoms with Crippen molar-refractivity contribution < 1.29 is 9.90 Å². The second-order valence-electron chi connectivity index (χ2n) is 9.69. The summed E-state index contributed by atoms with van der Waals surface area (Å²) >= 11 is 6.81. The smallest absolute Gasteiger partial charge is 0.267 e. The Morgan fingerprint density at radius 3 is 2.54 bits per heavy atom. The van der Waals surface area contributed by atoms with Crippen molar-refractivity contribution in [3.8, 4) is 0 Å². The molecule has 0 radical (unpaired) electrons. The van der Waals surface area contributed by atoms with Crippen LogP contribution >= 0.6 is 24.0 Å². The molecule has 0 aliphatic carbocycles. The number of aromatic nitrogens is 2. The summed E-state index contributed by atoms with van der Waals surface area (Å²) in [6.45, 7) is 8.44. The highest BCUT2D eigenvalue weighted by molar-refractivity contribution is 8.26. The van der Waals surface area contributed by atoms with E-state index in [0.717, 1.165) is 31.5 Å². The summed E-state index contributed by atoms with van der Waals surface area (Å²) in [5.41, 5.74) is 1.76. The van der Waals surface area contributed by atoms with Crippen LogP contribution in [-0.2, 0) is 4.79 Å². The van der Waals surface area contributed by atoms with Crippen LogP contribution in [0.2, 0.25) is 0 Å². The van der Waals surface area contributed by atoms with Gasteiger partial charge in [0.1, 0.15) is 15.8 Å². The number of nitrogens with zero attached hydrogens (tertiary/aromatic N) is 5. The zero-order valence-electron chi connectivity index (χ0n) is 21.8. The van der Waals surface area contributed by atoms with Crippen LogP contribution in [0.25, 0.3) is 11.7 Å². The fourth-order valence-corrected chi connectivity index (χ4v) is 6.16. The third kappa shape index (κ3) is 6.42. The normalized spacial score (nSPS) is 18.1. The molecular formula is C27H37N5O3S2. The van der Waals surface area contributed by atoms with Crippen LogP contribution in [0.3, 0.4) is 0 Å². The van der Waals surface area contributed by atoms with Crippen LogP contribution in [0.15, 0.2) is 28.0 Å². The van der Waals surface area contributed by atoms with Gasteiger partial charge in [-0.25, -0.2) is 4.98 Å². The predicted octanol–water partition coefficient (Wildman–Crippen LogP) is 3.68. The molecule has 2 fully saturated rings. The fraction of sp³-hybridized carbons (Fsp3) is 0.556. The van der Waals surface area contributed by atoms with E-state index in [1.807, 2.05) is 19.1 Å². The zero-order valence-corrected chi connectivity index (χ0v) is 23.5. The quantitative estimate of drug-likeness (QED) is 0.261. The van der Waals surface area contributed by atoms with Gasteiger partial charge in [-0.05, 0) is 31.1 Å². The van der Waals surface area contributed by atoms with Gasteiger partial charge in [-0.15, -0.1) is 0 Å². The topological polar surface area (TPSA) is 81.4 Å². The first-order chi connectivity index (χ1) is 17.9. The number of anilines is 1. The van der Waals surface area contributed by atoms with Crippen molar-refractivity contribution in [1.82, 2.24) is 19.2 Å². The summed E-state index contributed by atoms with van der Waals surface area (Å²) in [6.07, 6.45) is 10.3. The van der Waals surface area contributed by atoms with Crippen LogP contribution in [0.4, 0.5) is 5.82 Å². The van der Waals surface area contributed by atoms with Crippen molar-refractivity contribution in [3.63, 3.8) is 0 Å². The van der Waals surface area contributed by atoms with Crippen LogP contribution in [0.1, 0.15) is 56.6 Å². The number of aliphatic hydroxyl groups is 1. The molecule has 2 saturated heterocycles. The molecule has 2 aliphatic heterocycles. The van der Waals surface area contributed by atoms with Crippen LogP contribution < -0.4 is 10.5 Å². The third-order valence-electron chi connectivity index (χ3n) is 7.04. The molecule has 2 aliphatic rings. The van der Waals surface area contributed by atoms with Gasteiger partial charge in [-0.3, -0.25) is 23.8 Å². The maximum Gasteiger partial charge on any atom is 0.267 e. The molecule has 37 heavy (non-hydrogen) atoms. The molecule has 0 atom stereocenters. The monoisotopic (exact) mass is 543 g/mol. The molecule has 2 aromatic rings. The van der Waals surface area contributed by atoms with E-state index in [0.29, 0.717) is 52.4 Å². The Labute approximate surface area is 228 Å². The van der Waals surface area contributed by atoms with E-state index in [2.05, 4.69) is 16.7 Å². The second kappa shape index (κ2) is 13.0. The van der Waals surface area contributed by atoms with E-state index in [1.165, 1.54) is 37.4 Å². The summed E-state index contributed by atoms with van der Waals surface area (Å²) in [5, 5.41) is 9.29. The number of thioether (sulfide) groups is 1. The van der Waals surface area contributed by atoms with E-state index in [4.69, 9.17) is 17.2 Å². The van der Waals surface area contributed by atoms with Crippen molar-refractivity contribution in [2.45, 2.75) is 52.4 Å². The van der Waals surface area contributed by atoms with Gasteiger partial charge in [0, 0.05) is 45.5 Å². The first-order valence-electron chi connectivity index (χ1n) is 13.3. The minimum absolute atomic E-state index is 0.126. The number of hydrogen-bond donors (Lipinski definition) is 1. The van der Waals surface area contributed by atoms with E-state index in [1.54, 1.807) is 21.6 Å². The summed E-state index contributed by atoms with van der Waals surface area (Å²) < 4.78 is 2.11. The minimum atomic E-state index is -0.192. The van der Waals surface area contributed by atoms with E-state index < -0.39 is 0 Å². The van der Waals surface area contributed by atoms with Crippen molar-refractivity contribution in [1.29, 1.82) is 0 Å². The van der Waals surface area contributed by atoms with Crippen molar-refractivity contribution in [2.24, 2.45) is 0 Å². The highest BCUT2D eigenvalue weighted by Gasteiger charge is 2.33. The Balaban J connectivity index is 1.61. The van der Waals surface area contributed by atoms with Crippen molar-refractivity contribution >= 4 is 51.7 Å². The van der Waals surface area contributed by atoms with Gasteiger partial charge in [0.15, 0.2) is 0 Å².